The molecule has 2 heteroatoms. The Morgan fingerprint density at radius 1 is 1.67 bits per heavy atom. The number of thiophene rings is 1. The van der Waals surface area contributed by atoms with Gasteiger partial charge in [0.1, 0.15) is 0 Å². The van der Waals surface area contributed by atoms with Crippen molar-refractivity contribution in [3.05, 3.63) is 21.9 Å². The van der Waals surface area contributed by atoms with Crippen LogP contribution in [0, 0.1) is 0 Å². The van der Waals surface area contributed by atoms with Crippen LogP contribution in [0.1, 0.15) is 22.8 Å². The number of hydrogen-bond donors (Lipinski definition) is 0. The normalized spacial score (nSPS) is 9.44. The van der Waals surface area contributed by atoms with Crippen molar-refractivity contribution in [3.8, 4) is 0 Å². The Bertz CT molecular complexity index is 202. The molecule has 0 saturated heterocycles. The van der Waals surface area contributed by atoms with E-state index in [0.717, 1.165) is 23.8 Å². The third-order valence-corrected chi connectivity index (χ3v) is 2.09. The summed E-state index contributed by atoms with van der Waals surface area (Å²) in [5.41, 5.74) is 2.01. The zero-order valence-corrected chi connectivity index (χ0v) is 6.07. The molecule has 0 spiro atoms. The van der Waals surface area contributed by atoms with E-state index >= 15 is 0 Å². The Labute approximate surface area is 58.3 Å². The van der Waals surface area contributed by atoms with Gasteiger partial charge in [-0.1, -0.05) is 6.92 Å². The highest BCUT2D eigenvalue weighted by Crippen LogP contribution is 2.12. The SMILES string of the molecule is CCc1cscc1C=O. The molecule has 1 rings (SSSR count). The third kappa shape index (κ3) is 1.19. The molecule has 0 N–H and O–H groups in total. The first kappa shape index (κ1) is 6.49. The van der Waals surface area contributed by atoms with Gasteiger partial charge in [-0.3, -0.25) is 4.79 Å². The predicted molar refractivity (Wildman–Crippen MR) is 39.1 cm³/mol. The Hall–Kier alpha value is -0.630. The van der Waals surface area contributed by atoms with Crippen LogP contribution < -0.4 is 0 Å². The van der Waals surface area contributed by atoms with Crippen molar-refractivity contribution >= 4 is 17.6 Å². The summed E-state index contributed by atoms with van der Waals surface area (Å²) < 4.78 is 0. The first-order chi connectivity index (χ1) is 4.38. The second kappa shape index (κ2) is 2.78. The van der Waals surface area contributed by atoms with Crippen molar-refractivity contribution < 1.29 is 4.79 Å². The largest absolute Gasteiger partial charge is 0.298 e. The molecule has 1 aromatic heterocycles. The van der Waals surface area contributed by atoms with Gasteiger partial charge in [-0.05, 0) is 17.4 Å². The minimum Gasteiger partial charge on any atom is -0.298 e. The molecule has 1 nitrogen and oxygen atoms in total. The van der Waals surface area contributed by atoms with Gasteiger partial charge in [0.25, 0.3) is 0 Å². The lowest BCUT2D eigenvalue weighted by molar-refractivity contribution is 0.112. The van der Waals surface area contributed by atoms with Gasteiger partial charge in [0, 0.05) is 10.9 Å². The Morgan fingerprint density at radius 2 is 2.44 bits per heavy atom. The van der Waals surface area contributed by atoms with Crippen molar-refractivity contribution in [1.82, 2.24) is 0 Å². The zero-order valence-electron chi connectivity index (χ0n) is 5.26. The highest BCUT2D eigenvalue weighted by atomic mass is 32.1. The van der Waals surface area contributed by atoms with Gasteiger partial charge in [0.15, 0.2) is 6.29 Å². The monoisotopic (exact) mass is 140 g/mol. The maximum atomic E-state index is 10.3. The van der Waals surface area contributed by atoms with E-state index in [4.69, 9.17) is 0 Å². The van der Waals surface area contributed by atoms with Gasteiger partial charge in [0.2, 0.25) is 0 Å². The van der Waals surface area contributed by atoms with Gasteiger partial charge < -0.3 is 0 Å². The van der Waals surface area contributed by atoms with E-state index in [-0.39, 0.29) is 0 Å². The average molecular weight is 140 g/mol. The molecule has 0 unspecified atom stereocenters. The van der Waals surface area contributed by atoms with Crippen LogP contribution in [-0.2, 0) is 6.42 Å². The summed E-state index contributed by atoms with van der Waals surface area (Å²) in [5.74, 6) is 0. The Morgan fingerprint density at radius 3 is 2.89 bits per heavy atom. The molecular formula is C7H8OS. The minimum atomic E-state index is 0.850. The van der Waals surface area contributed by atoms with Crippen LogP contribution in [0.3, 0.4) is 0 Å². The number of carbonyl (C=O) groups excluding carboxylic acids is 1. The van der Waals surface area contributed by atoms with E-state index in [1.165, 1.54) is 0 Å². The van der Waals surface area contributed by atoms with Gasteiger partial charge in [-0.15, -0.1) is 0 Å². The molecule has 0 aromatic carbocycles. The number of aldehydes is 1. The fraction of sp³-hybridized carbons (Fsp3) is 0.286. The van der Waals surface area contributed by atoms with E-state index in [9.17, 15) is 4.79 Å². The van der Waals surface area contributed by atoms with Crippen molar-refractivity contribution in [2.45, 2.75) is 13.3 Å². The number of carbonyl (C=O) groups is 1. The number of hydrogen-bond acceptors (Lipinski definition) is 2. The molecular weight excluding hydrogens is 132 g/mol. The van der Waals surface area contributed by atoms with Crippen LogP contribution >= 0.6 is 11.3 Å². The Balaban J connectivity index is 2.98. The average Bonchev–Trinajstić information content (AvgIpc) is 2.33. The molecule has 0 fully saturated rings. The quantitative estimate of drug-likeness (QED) is 0.575. The fourth-order valence-corrected chi connectivity index (χ4v) is 1.61. The van der Waals surface area contributed by atoms with E-state index in [1.807, 2.05) is 10.8 Å². The van der Waals surface area contributed by atoms with Gasteiger partial charge in [-0.2, -0.15) is 11.3 Å². The van der Waals surface area contributed by atoms with Crippen molar-refractivity contribution in [2.24, 2.45) is 0 Å². The molecule has 9 heavy (non-hydrogen) atoms. The summed E-state index contributed by atoms with van der Waals surface area (Å²) in [6, 6.07) is 0. The first-order valence-electron chi connectivity index (χ1n) is 2.88. The maximum absolute atomic E-state index is 10.3. The Kier molecular flexibility index (Phi) is 2.01. The lowest BCUT2D eigenvalue weighted by Crippen LogP contribution is -1.81. The summed E-state index contributed by atoms with van der Waals surface area (Å²) in [5, 5.41) is 3.90. The van der Waals surface area contributed by atoms with E-state index in [0.29, 0.717) is 0 Å². The molecule has 0 radical (unpaired) electrons. The lowest BCUT2D eigenvalue weighted by Gasteiger charge is -1.87. The van der Waals surface area contributed by atoms with Crippen molar-refractivity contribution in [1.29, 1.82) is 0 Å². The highest BCUT2D eigenvalue weighted by Gasteiger charge is 1.97. The molecule has 0 aliphatic heterocycles. The van der Waals surface area contributed by atoms with E-state index in [1.54, 1.807) is 11.3 Å². The van der Waals surface area contributed by atoms with Crippen LogP contribution in [0.4, 0.5) is 0 Å². The summed E-state index contributed by atoms with van der Waals surface area (Å²) in [6.45, 7) is 2.05. The molecule has 0 aliphatic rings. The van der Waals surface area contributed by atoms with Crippen LogP contribution in [-0.4, -0.2) is 6.29 Å². The molecule has 0 amide bonds. The maximum Gasteiger partial charge on any atom is 0.151 e. The number of aryl methyl sites for hydroxylation is 1. The van der Waals surface area contributed by atoms with E-state index < -0.39 is 0 Å². The van der Waals surface area contributed by atoms with Gasteiger partial charge in [0.05, 0.1) is 0 Å². The summed E-state index contributed by atoms with van der Waals surface area (Å²) in [6.07, 6.45) is 1.87. The molecule has 1 heterocycles. The third-order valence-electron chi connectivity index (χ3n) is 1.28. The molecule has 0 saturated carbocycles. The summed E-state index contributed by atoms with van der Waals surface area (Å²) in [4.78, 5) is 10.3. The van der Waals surface area contributed by atoms with Crippen LogP contribution in [0.15, 0.2) is 10.8 Å². The van der Waals surface area contributed by atoms with Crippen LogP contribution in [0.25, 0.3) is 0 Å². The minimum absolute atomic E-state index is 0.850. The topological polar surface area (TPSA) is 17.1 Å². The summed E-state index contributed by atoms with van der Waals surface area (Å²) in [7, 11) is 0. The fourth-order valence-electron chi connectivity index (χ4n) is 0.724. The molecule has 0 bridgehead atoms. The second-order valence-electron chi connectivity index (χ2n) is 1.82. The molecule has 0 atom stereocenters. The van der Waals surface area contributed by atoms with Crippen LogP contribution in [0.2, 0.25) is 0 Å². The predicted octanol–water partition coefficient (Wildman–Crippen LogP) is 2.12. The van der Waals surface area contributed by atoms with Crippen LogP contribution in [0.5, 0.6) is 0 Å². The second-order valence-corrected chi connectivity index (χ2v) is 2.57. The smallest absolute Gasteiger partial charge is 0.151 e. The summed E-state index contributed by atoms with van der Waals surface area (Å²) >= 11 is 1.58. The first-order valence-corrected chi connectivity index (χ1v) is 3.83. The standard InChI is InChI=1S/C7H8OS/c1-2-6-4-9-5-7(6)3-8/h3-5H,2H2,1H3. The van der Waals surface area contributed by atoms with Crippen molar-refractivity contribution in [2.75, 3.05) is 0 Å². The zero-order chi connectivity index (χ0) is 6.69. The van der Waals surface area contributed by atoms with Gasteiger partial charge >= 0.3 is 0 Å². The highest BCUT2D eigenvalue weighted by molar-refractivity contribution is 7.08. The van der Waals surface area contributed by atoms with Crippen molar-refractivity contribution in [3.63, 3.8) is 0 Å². The van der Waals surface area contributed by atoms with E-state index in [2.05, 4.69) is 6.92 Å². The molecule has 0 aliphatic carbocycles. The number of rotatable bonds is 2. The molecule has 1 aromatic rings. The molecule has 48 valence electrons. The van der Waals surface area contributed by atoms with Gasteiger partial charge in [-0.25, -0.2) is 0 Å². The lowest BCUT2D eigenvalue weighted by atomic mass is 10.2.